The zero-order valence-corrected chi connectivity index (χ0v) is 23.4. The van der Waals surface area contributed by atoms with E-state index in [1.54, 1.807) is 12.5 Å². The second kappa shape index (κ2) is 10.3. The van der Waals surface area contributed by atoms with Crippen LogP contribution in [0.4, 0.5) is 0 Å². The molecular weight excluding hydrogens is 440 g/mol. The first-order valence-electron chi connectivity index (χ1n) is 14.3. The van der Waals surface area contributed by atoms with Crippen molar-refractivity contribution in [2.24, 2.45) is 46.3 Å². The van der Waals surface area contributed by atoms with Crippen molar-refractivity contribution in [2.45, 2.75) is 118 Å². The number of carbonyl (C=O) groups is 1. The van der Waals surface area contributed by atoms with Gasteiger partial charge in [-0.1, -0.05) is 77.1 Å². The highest BCUT2D eigenvalue weighted by molar-refractivity contribution is 6.30. The fraction of sp³-hybridized carbons (Fsp3) is 0.839. The van der Waals surface area contributed by atoms with E-state index < -0.39 is 0 Å². The number of esters is 1. The lowest BCUT2D eigenvalue weighted by Crippen LogP contribution is -2.51. The summed E-state index contributed by atoms with van der Waals surface area (Å²) in [6.07, 6.45) is 18.2. The van der Waals surface area contributed by atoms with E-state index in [0.717, 1.165) is 54.8 Å². The Labute approximate surface area is 214 Å². The third-order valence-corrected chi connectivity index (χ3v) is 11.0. The van der Waals surface area contributed by atoms with E-state index in [0.29, 0.717) is 15.9 Å². The largest absolute Gasteiger partial charge is 0.459 e. The van der Waals surface area contributed by atoms with Crippen LogP contribution in [0, 0.1) is 46.3 Å². The summed E-state index contributed by atoms with van der Waals surface area (Å²) in [6.45, 7) is 14.2. The summed E-state index contributed by atoms with van der Waals surface area (Å²) in [4.78, 5) is 12.1. The zero-order chi connectivity index (χ0) is 24.7. The second-order valence-corrected chi connectivity index (χ2v) is 13.9. The Hall–Kier alpha value is -0.760. The van der Waals surface area contributed by atoms with Crippen molar-refractivity contribution in [1.29, 1.82) is 0 Å². The summed E-state index contributed by atoms with van der Waals surface area (Å²) in [7, 11) is 0. The molecule has 8 atom stereocenters. The minimum absolute atomic E-state index is 0.00653. The summed E-state index contributed by atoms with van der Waals surface area (Å²) < 4.78 is 5.76. The van der Waals surface area contributed by atoms with Crippen LogP contribution in [0.2, 0.25) is 0 Å². The van der Waals surface area contributed by atoms with Gasteiger partial charge in [0.05, 0.1) is 0 Å². The van der Waals surface area contributed by atoms with E-state index in [2.05, 4.69) is 40.7 Å². The molecule has 4 aliphatic rings. The lowest BCUT2D eigenvalue weighted by molar-refractivity contribution is -0.145. The van der Waals surface area contributed by atoms with Gasteiger partial charge in [0.25, 0.3) is 0 Å². The van der Waals surface area contributed by atoms with E-state index in [-0.39, 0.29) is 12.1 Å². The van der Waals surface area contributed by atoms with Gasteiger partial charge in [0.1, 0.15) is 6.10 Å². The van der Waals surface area contributed by atoms with Crippen LogP contribution in [0.5, 0.6) is 0 Å². The highest BCUT2D eigenvalue weighted by Gasteiger charge is 2.59. The molecule has 0 aromatic carbocycles. The van der Waals surface area contributed by atoms with E-state index in [1.165, 1.54) is 57.4 Å². The van der Waals surface area contributed by atoms with E-state index in [9.17, 15) is 4.79 Å². The van der Waals surface area contributed by atoms with Gasteiger partial charge in [-0.05, 0) is 98.2 Å². The predicted octanol–water partition coefficient (Wildman–Crippen LogP) is 9.08. The maximum atomic E-state index is 12.1. The van der Waals surface area contributed by atoms with Gasteiger partial charge in [-0.3, -0.25) is 0 Å². The molecule has 0 bridgehead atoms. The van der Waals surface area contributed by atoms with Crippen LogP contribution < -0.4 is 0 Å². The molecule has 0 aromatic heterocycles. The smallest absolute Gasteiger partial charge is 0.332 e. The standard InChI is InChI=1S/C31H49ClO2/c1-20(2)8-7-9-21(3)26-12-13-27-25-11-10-23-19-24(34-29(33)18-22(4)32)14-16-30(23,5)28(25)15-17-31(26,27)6/h10,18,20-21,24-28H,7-9,11-17,19H2,1-6H3/t21?,24-,25?,26?,27?,28?,30-,31+/m0/s1. The van der Waals surface area contributed by atoms with Crippen molar-refractivity contribution in [3.05, 3.63) is 22.8 Å². The molecule has 0 aromatic rings. The average Bonchev–Trinajstić information content (AvgIpc) is 3.10. The normalized spacial score (nSPS) is 40.8. The first-order chi connectivity index (χ1) is 16.0. The van der Waals surface area contributed by atoms with Crippen LogP contribution in [0.1, 0.15) is 112 Å². The molecule has 3 fully saturated rings. The van der Waals surface area contributed by atoms with E-state index >= 15 is 0 Å². The molecule has 5 unspecified atom stereocenters. The topological polar surface area (TPSA) is 26.3 Å². The Morgan fingerprint density at radius 3 is 2.59 bits per heavy atom. The molecule has 0 radical (unpaired) electrons. The van der Waals surface area contributed by atoms with Gasteiger partial charge < -0.3 is 4.74 Å². The summed E-state index contributed by atoms with van der Waals surface area (Å²) in [5.74, 6) is 4.87. The van der Waals surface area contributed by atoms with Crippen molar-refractivity contribution in [1.82, 2.24) is 0 Å². The molecule has 3 heteroatoms. The Kier molecular flexibility index (Phi) is 7.98. The molecule has 2 nitrogen and oxygen atoms in total. The zero-order valence-electron chi connectivity index (χ0n) is 22.7. The predicted molar refractivity (Wildman–Crippen MR) is 143 cm³/mol. The summed E-state index contributed by atoms with van der Waals surface area (Å²) in [6, 6.07) is 0. The lowest BCUT2D eigenvalue weighted by atomic mass is 9.47. The van der Waals surface area contributed by atoms with Gasteiger partial charge in [0, 0.05) is 17.5 Å². The van der Waals surface area contributed by atoms with Crippen LogP contribution in [-0.2, 0) is 9.53 Å². The van der Waals surface area contributed by atoms with Crippen molar-refractivity contribution >= 4 is 17.6 Å². The van der Waals surface area contributed by atoms with Crippen LogP contribution >= 0.6 is 11.6 Å². The fourth-order valence-electron chi connectivity index (χ4n) is 9.11. The number of ether oxygens (including phenoxy) is 1. The third-order valence-electron chi connectivity index (χ3n) is 10.9. The maximum absolute atomic E-state index is 12.1. The number of carbonyl (C=O) groups excluding carboxylic acids is 1. The van der Waals surface area contributed by atoms with Crippen molar-refractivity contribution in [3.63, 3.8) is 0 Å². The van der Waals surface area contributed by atoms with Gasteiger partial charge in [-0.2, -0.15) is 0 Å². The molecule has 0 saturated heterocycles. The monoisotopic (exact) mass is 488 g/mol. The second-order valence-electron chi connectivity index (χ2n) is 13.3. The molecule has 4 aliphatic carbocycles. The lowest BCUT2D eigenvalue weighted by Gasteiger charge is -2.58. The Balaban J connectivity index is 1.44. The number of rotatable bonds is 7. The molecule has 4 rings (SSSR count). The minimum atomic E-state index is -0.289. The molecule has 192 valence electrons. The maximum Gasteiger partial charge on any atom is 0.332 e. The first-order valence-corrected chi connectivity index (χ1v) is 14.7. The van der Waals surface area contributed by atoms with Crippen molar-refractivity contribution in [2.75, 3.05) is 0 Å². The van der Waals surface area contributed by atoms with Crippen molar-refractivity contribution in [3.8, 4) is 0 Å². The highest BCUT2D eigenvalue weighted by atomic mass is 35.5. The average molecular weight is 489 g/mol. The molecule has 0 aliphatic heterocycles. The van der Waals surface area contributed by atoms with Crippen LogP contribution in [0.15, 0.2) is 22.8 Å². The minimum Gasteiger partial charge on any atom is -0.459 e. The summed E-state index contributed by atoms with van der Waals surface area (Å²) in [5, 5.41) is 0.486. The SMILES string of the molecule is CC(Cl)=CC(=O)O[C@H]1CC[C@@]2(C)C(=CCC3C4CCC(C(C)CCCC(C)C)[C@@]4(C)CCC32)C1. The number of allylic oxidation sites excluding steroid dienone is 2. The van der Waals surface area contributed by atoms with Crippen LogP contribution in [0.25, 0.3) is 0 Å². The molecule has 0 spiro atoms. The highest BCUT2D eigenvalue weighted by Crippen LogP contribution is 2.67. The van der Waals surface area contributed by atoms with Gasteiger partial charge >= 0.3 is 5.97 Å². The fourth-order valence-corrected chi connectivity index (χ4v) is 9.20. The molecule has 34 heavy (non-hydrogen) atoms. The summed E-state index contributed by atoms with van der Waals surface area (Å²) >= 11 is 5.87. The van der Waals surface area contributed by atoms with E-state index in [1.807, 2.05) is 0 Å². The number of hydrogen-bond donors (Lipinski definition) is 0. The molecule has 3 saturated carbocycles. The number of halogens is 1. The number of fused-ring (bicyclic) bond motifs is 5. The Morgan fingerprint density at radius 2 is 1.88 bits per heavy atom. The van der Waals surface area contributed by atoms with Crippen LogP contribution in [-0.4, -0.2) is 12.1 Å². The van der Waals surface area contributed by atoms with Gasteiger partial charge in [-0.25, -0.2) is 4.79 Å². The van der Waals surface area contributed by atoms with Crippen molar-refractivity contribution < 1.29 is 9.53 Å². The number of hydrogen-bond acceptors (Lipinski definition) is 2. The third kappa shape index (κ3) is 5.05. The molecule has 0 heterocycles. The van der Waals surface area contributed by atoms with Crippen LogP contribution in [0.3, 0.4) is 0 Å². The molecular formula is C31H49ClO2. The quantitative estimate of drug-likeness (QED) is 0.203. The van der Waals surface area contributed by atoms with E-state index in [4.69, 9.17) is 16.3 Å². The summed E-state index contributed by atoms with van der Waals surface area (Å²) in [5.41, 5.74) is 2.41. The Bertz CT molecular complexity index is 808. The van der Waals surface area contributed by atoms with Gasteiger partial charge in [-0.15, -0.1) is 0 Å². The van der Waals surface area contributed by atoms with Gasteiger partial charge in [0.15, 0.2) is 0 Å². The first kappa shape index (κ1) is 26.3. The Morgan fingerprint density at radius 1 is 1.12 bits per heavy atom. The molecule has 0 amide bonds. The molecule has 0 N–H and O–H groups in total. The van der Waals surface area contributed by atoms with Gasteiger partial charge in [0.2, 0.25) is 0 Å².